The molecule has 0 spiro atoms. The van der Waals surface area contributed by atoms with E-state index in [-0.39, 0.29) is 5.91 Å². The van der Waals surface area contributed by atoms with Crippen LogP contribution >= 0.6 is 34.2 Å². The fourth-order valence-electron chi connectivity index (χ4n) is 2.78. The van der Waals surface area contributed by atoms with Crippen molar-refractivity contribution in [2.45, 2.75) is 26.3 Å². The highest BCUT2D eigenvalue weighted by molar-refractivity contribution is 14.1. The number of hydrogen-bond donors (Lipinski definition) is 0. The molecule has 0 N–H and O–H groups in total. The lowest BCUT2D eigenvalue weighted by atomic mass is 10.2. The summed E-state index contributed by atoms with van der Waals surface area (Å²) in [7, 11) is 0. The maximum Gasteiger partial charge on any atom is 0.253 e. The molecule has 1 fully saturated rings. The summed E-state index contributed by atoms with van der Waals surface area (Å²) in [6.45, 7) is 8.09. The molecular formula is C15H20ClIN2O. The van der Waals surface area contributed by atoms with Gasteiger partial charge >= 0.3 is 0 Å². The standard InChI is InChI=1S/C15H20ClIN2O/c1-3-18(4-2)12-7-8-19(10-12)15(20)11-5-6-14(17)13(16)9-11/h5-6,9,12H,3-4,7-8,10H2,1-2H3. The van der Waals surface area contributed by atoms with Crippen molar-refractivity contribution in [3.63, 3.8) is 0 Å². The molecular weight excluding hydrogens is 387 g/mol. The van der Waals surface area contributed by atoms with Crippen LogP contribution in [0.4, 0.5) is 0 Å². The van der Waals surface area contributed by atoms with Crippen LogP contribution in [0, 0.1) is 3.57 Å². The van der Waals surface area contributed by atoms with Gasteiger partial charge < -0.3 is 4.90 Å². The molecule has 1 heterocycles. The molecule has 1 saturated heterocycles. The number of benzene rings is 1. The van der Waals surface area contributed by atoms with Crippen LogP contribution in [-0.2, 0) is 0 Å². The molecule has 1 unspecified atom stereocenters. The van der Waals surface area contributed by atoms with Gasteiger partial charge in [0.05, 0.1) is 5.02 Å². The number of carbonyl (C=O) groups excluding carboxylic acids is 1. The van der Waals surface area contributed by atoms with E-state index in [1.165, 1.54) is 0 Å². The van der Waals surface area contributed by atoms with Crippen LogP contribution in [0.15, 0.2) is 18.2 Å². The lowest BCUT2D eigenvalue weighted by Gasteiger charge is -2.26. The summed E-state index contributed by atoms with van der Waals surface area (Å²) in [4.78, 5) is 16.9. The van der Waals surface area contributed by atoms with E-state index in [1.54, 1.807) is 6.07 Å². The van der Waals surface area contributed by atoms with E-state index >= 15 is 0 Å². The third-order valence-corrected chi connectivity index (χ3v) is 5.52. The molecule has 5 heteroatoms. The molecule has 0 aliphatic carbocycles. The second-order valence-electron chi connectivity index (χ2n) is 5.04. The van der Waals surface area contributed by atoms with Crippen molar-refractivity contribution in [2.24, 2.45) is 0 Å². The largest absolute Gasteiger partial charge is 0.337 e. The number of halogens is 2. The fraction of sp³-hybridized carbons (Fsp3) is 0.533. The van der Waals surface area contributed by atoms with E-state index in [9.17, 15) is 4.79 Å². The zero-order valence-electron chi connectivity index (χ0n) is 11.9. The van der Waals surface area contributed by atoms with Gasteiger partial charge in [-0.15, -0.1) is 0 Å². The van der Waals surface area contributed by atoms with Gasteiger partial charge in [-0.2, -0.15) is 0 Å². The molecule has 0 saturated carbocycles. The summed E-state index contributed by atoms with van der Waals surface area (Å²) >= 11 is 8.27. The number of likely N-dealkylation sites (tertiary alicyclic amines) is 1. The second-order valence-corrected chi connectivity index (χ2v) is 6.61. The topological polar surface area (TPSA) is 23.6 Å². The van der Waals surface area contributed by atoms with Gasteiger partial charge in [-0.3, -0.25) is 9.69 Å². The molecule has 1 aromatic rings. The lowest BCUT2D eigenvalue weighted by Crippen LogP contribution is -2.38. The molecule has 20 heavy (non-hydrogen) atoms. The van der Waals surface area contributed by atoms with E-state index in [0.29, 0.717) is 16.6 Å². The van der Waals surface area contributed by atoms with E-state index in [4.69, 9.17) is 11.6 Å². The van der Waals surface area contributed by atoms with E-state index < -0.39 is 0 Å². The highest BCUT2D eigenvalue weighted by Gasteiger charge is 2.29. The molecule has 1 aliphatic rings. The minimum absolute atomic E-state index is 0.0953. The molecule has 1 aromatic carbocycles. The van der Waals surface area contributed by atoms with Crippen LogP contribution in [0.2, 0.25) is 5.02 Å². The van der Waals surface area contributed by atoms with Gasteiger partial charge in [-0.25, -0.2) is 0 Å². The fourth-order valence-corrected chi connectivity index (χ4v) is 3.29. The highest BCUT2D eigenvalue weighted by Crippen LogP contribution is 2.22. The van der Waals surface area contributed by atoms with Crippen molar-refractivity contribution in [1.29, 1.82) is 0 Å². The number of amides is 1. The Morgan fingerprint density at radius 2 is 2.15 bits per heavy atom. The number of carbonyl (C=O) groups is 1. The molecule has 0 radical (unpaired) electrons. The van der Waals surface area contributed by atoms with Crippen molar-refractivity contribution in [3.05, 3.63) is 32.4 Å². The number of likely N-dealkylation sites (N-methyl/N-ethyl adjacent to an activating group) is 1. The van der Waals surface area contributed by atoms with Crippen LogP contribution in [0.5, 0.6) is 0 Å². The predicted octanol–water partition coefficient (Wildman–Crippen LogP) is 3.50. The summed E-state index contributed by atoms with van der Waals surface area (Å²) in [6.07, 6.45) is 1.06. The molecule has 0 aromatic heterocycles. The molecule has 2 rings (SSSR count). The Morgan fingerprint density at radius 1 is 1.45 bits per heavy atom. The van der Waals surface area contributed by atoms with Gasteiger partial charge in [-0.1, -0.05) is 25.4 Å². The Morgan fingerprint density at radius 3 is 2.75 bits per heavy atom. The zero-order valence-corrected chi connectivity index (χ0v) is 14.8. The highest BCUT2D eigenvalue weighted by atomic mass is 127. The van der Waals surface area contributed by atoms with Crippen LogP contribution in [0.25, 0.3) is 0 Å². The van der Waals surface area contributed by atoms with Gasteiger partial charge in [-0.05, 0) is 60.3 Å². The van der Waals surface area contributed by atoms with Gasteiger partial charge in [0.1, 0.15) is 0 Å². The average molecular weight is 407 g/mol. The van der Waals surface area contributed by atoms with Crippen LogP contribution in [0.3, 0.4) is 0 Å². The maximum atomic E-state index is 12.5. The van der Waals surface area contributed by atoms with E-state index in [1.807, 2.05) is 17.0 Å². The lowest BCUT2D eigenvalue weighted by molar-refractivity contribution is 0.0778. The number of hydrogen-bond acceptors (Lipinski definition) is 2. The maximum absolute atomic E-state index is 12.5. The third kappa shape index (κ3) is 3.46. The Hall–Kier alpha value is -0.330. The Labute approximate surface area is 139 Å². The Balaban J connectivity index is 2.05. The van der Waals surface area contributed by atoms with Gasteiger partial charge in [0.2, 0.25) is 0 Å². The third-order valence-electron chi connectivity index (χ3n) is 3.95. The van der Waals surface area contributed by atoms with E-state index in [2.05, 4.69) is 41.3 Å². The smallest absolute Gasteiger partial charge is 0.253 e. The van der Waals surface area contributed by atoms with Crippen molar-refractivity contribution >= 4 is 40.1 Å². The molecule has 0 bridgehead atoms. The summed E-state index contributed by atoms with van der Waals surface area (Å²) < 4.78 is 0.975. The first kappa shape index (κ1) is 16.0. The minimum atomic E-state index is 0.0953. The normalized spacial score (nSPS) is 18.9. The number of nitrogens with zero attached hydrogens (tertiary/aromatic N) is 2. The predicted molar refractivity (Wildman–Crippen MR) is 91.4 cm³/mol. The summed E-state index contributed by atoms with van der Waals surface area (Å²) in [5, 5.41) is 0.649. The average Bonchev–Trinajstić information content (AvgIpc) is 2.92. The second kappa shape index (κ2) is 7.09. The van der Waals surface area contributed by atoms with Crippen molar-refractivity contribution in [1.82, 2.24) is 9.80 Å². The van der Waals surface area contributed by atoms with Crippen LogP contribution in [-0.4, -0.2) is 47.9 Å². The van der Waals surface area contributed by atoms with Crippen molar-refractivity contribution in [2.75, 3.05) is 26.2 Å². The minimum Gasteiger partial charge on any atom is -0.337 e. The molecule has 3 nitrogen and oxygen atoms in total. The summed E-state index contributed by atoms with van der Waals surface area (Å²) in [5.74, 6) is 0.0953. The quantitative estimate of drug-likeness (QED) is 0.715. The Kier molecular flexibility index (Phi) is 5.69. The SMILES string of the molecule is CCN(CC)C1CCN(C(=O)c2ccc(I)c(Cl)c2)C1. The molecule has 1 amide bonds. The van der Waals surface area contributed by atoms with E-state index in [0.717, 1.165) is 36.2 Å². The first-order valence-electron chi connectivity index (χ1n) is 7.05. The van der Waals surface area contributed by atoms with Crippen molar-refractivity contribution < 1.29 is 4.79 Å². The molecule has 1 atom stereocenters. The molecule has 110 valence electrons. The first-order chi connectivity index (χ1) is 9.56. The molecule has 1 aliphatic heterocycles. The number of rotatable bonds is 4. The summed E-state index contributed by atoms with van der Waals surface area (Å²) in [5.41, 5.74) is 0.690. The van der Waals surface area contributed by atoms with Crippen molar-refractivity contribution in [3.8, 4) is 0 Å². The van der Waals surface area contributed by atoms with Gasteiger partial charge in [0, 0.05) is 28.3 Å². The zero-order chi connectivity index (χ0) is 14.7. The Bertz CT molecular complexity index is 491. The van der Waals surface area contributed by atoms with Gasteiger partial charge in [0.25, 0.3) is 5.91 Å². The summed E-state index contributed by atoms with van der Waals surface area (Å²) in [6, 6.07) is 6.03. The van der Waals surface area contributed by atoms with Crippen LogP contribution < -0.4 is 0 Å². The van der Waals surface area contributed by atoms with Crippen LogP contribution in [0.1, 0.15) is 30.6 Å². The monoisotopic (exact) mass is 406 g/mol. The first-order valence-corrected chi connectivity index (χ1v) is 8.50. The van der Waals surface area contributed by atoms with Gasteiger partial charge in [0.15, 0.2) is 0 Å².